The highest BCUT2D eigenvalue weighted by molar-refractivity contribution is 5.93. The average Bonchev–Trinajstić information content (AvgIpc) is 3.40. The minimum atomic E-state index is -0.0668. The lowest BCUT2D eigenvalue weighted by Gasteiger charge is -2.30. The lowest BCUT2D eigenvalue weighted by molar-refractivity contribution is -0.130. The lowest BCUT2D eigenvalue weighted by Crippen LogP contribution is -2.36. The Morgan fingerprint density at radius 2 is 1.93 bits per heavy atom. The number of hydrogen-bond donors (Lipinski definition) is 0. The third-order valence-corrected chi connectivity index (χ3v) is 6.32. The zero-order valence-corrected chi connectivity index (χ0v) is 16.5. The molecule has 2 amide bonds. The van der Waals surface area contributed by atoms with Crippen LogP contribution in [0.4, 0.5) is 0 Å². The molecule has 0 radical (unpaired) electrons. The van der Waals surface area contributed by atoms with E-state index in [2.05, 4.69) is 29.1 Å². The standard InChI is InChI=1S/C22H23N5O2/c1-14-6-3-4-7-17(14)21-18-13-25(11-16(18)12-26(21)15(2)28)22(29)19-10-20-23-8-5-9-27(20)24-19/h3-10,16,18,21H,11-13H2,1-2H3/t16-,18-,21-/m1/s1. The number of aryl methyl sites for hydroxylation is 1. The molecule has 7 nitrogen and oxygen atoms in total. The molecule has 0 spiro atoms. The third kappa shape index (κ3) is 2.88. The molecule has 2 aromatic heterocycles. The van der Waals surface area contributed by atoms with E-state index in [0.29, 0.717) is 31.0 Å². The van der Waals surface area contributed by atoms with Crippen LogP contribution in [0.2, 0.25) is 0 Å². The molecule has 0 N–H and O–H groups in total. The zero-order valence-electron chi connectivity index (χ0n) is 16.5. The molecule has 29 heavy (non-hydrogen) atoms. The summed E-state index contributed by atoms with van der Waals surface area (Å²) < 4.78 is 1.62. The fraction of sp³-hybridized carbons (Fsp3) is 0.364. The van der Waals surface area contributed by atoms with Gasteiger partial charge in [0.25, 0.3) is 5.91 Å². The van der Waals surface area contributed by atoms with E-state index in [1.807, 2.05) is 21.9 Å². The van der Waals surface area contributed by atoms with Crippen LogP contribution in [0.15, 0.2) is 48.8 Å². The Labute approximate surface area is 168 Å². The van der Waals surface area contributed by atoms with E-state index in [1.54, 1.807) is 36.0 Å². The zero-order chi connectivity index (χ0) is 20.1. The first-order valence-electron chi connectivity index (χ1n) is 9.95. The van der Waals surface area contributed by atoms with Gasteiger partial charge in [-0.2, -0.15) is 5.10 Å². The second kappa shape index (κ2) is 6.69. The van der Waals surface area contributed by atoms with Gasteiger partial charge >= 0.3 is 0 Å². The molecule has 148 valence electrons. The summed E-state index contributed by atoms with van der Waals surface area (Å²) >= 11 is 0. The van der Waals surface area contributed by atoms with Gasteiger partial charge in [0.05, 0.1) is 6.04 Å². The molecule has 2 saturated heterocycles. The molecule has 0 saturated carbocycles. The second-order valence-corrected chi connectivity index (χ2v) is 8.06. The van der Waals surface area contributed by atoms with E-state index < -0.39 is 0 Å². The van der Waals surface area contributed by atoms with Crippen LogP contribution in [0.3, 0.4) is 0 Å². The number of aromatic nitrogens is 3. The molecular formula is C22H23N5O2. The molecule has 7 heteroatoms. The molecule has 2 fully saturated rings. The maximum Gasteiger partial charge on any atom is 0.274 e. The molecule has 5 rings (SSSR count). The Kier molecular flexibility index (Phi) is 4.12. The van der Waals surface area contributed by atoms with Crippen molar-refractivity contribution >= 4 is 17.5 Å². The van der Waals surface area contributed by atoms with Crippen molar-refractivity contribution in [1.29, 1.82) is 0 Å². The van der Waals surface area contributed by atoms with E-state index in [0.717, 1.165) is 0 Å². The summed E-state index contributed by atoms with van der Waals surface area (Å²) in [4.78, 5) is 33.6. The van der Waals surface area contributed by atoms with E-state index in [9.17, 15) is 9.59 Å². The highest BCUT2D eigenvalue weighted by atomic mass is 16.2. The van der Waals surface area contributed by atoms with Crippen molar-refractivity contribution in [2.24, 2.45) is 11.8 Å². The number of likely N-dealkylation sites (tertiary alicyclic amines) is 2. The summed E-state index contributed by atoms with van der Waals surface area (Å²) in [6.45, 7) is 5.70. The summed E-state index contributed by atoms with van der Waals surface area (Å²) in [6.07, 6.45) is 3.48. The van der Waals surface area contributed by atoms with E-state index >= 15 is 0 Å². The molecule has 1 aromatic carbocycles. The lowest BCUT2D eigenvalue weighted by atomic mass is 9.87. The number of nitrogens with zero attached hydrogens (tertiary/aromatic N) is 5. The Morgan fingerprint density at radius 3 is 2.69 bits per heavy atom. The molecule has 2 aliphatic rings. The molecule has 3 aromatic rings. The molecule has 0 unspecified atom stereocenters. The fourth-order valence-corrected chi connectivity index (χ4v) is 4.95. The largest absolute Gasteiger partial charge is 0.337 e. The average molecular weight is 389 g/mol. The van der Waals surface area contributed by atoms with Crippen LogP contribution in [0.25, 0.3) is 5.65 Å². The van der Waals surface area contributed by atoms with Crippen LogP contribution >= 0.6 is 0 Å². The van der Waals surface area contributed by atoms with Crippen LogP contribution in [0.5, 0.6) is 0 Å². The highest BCUT2D eigenvalue weighted by Gasteiger charge is 2.49. The fourth-order valence-electron chi connectivity index (χ4n) is 4.95. The predicted octanol–water partition coefficient (Wildman–Crippen LogP) is 2.33. The summed E-state index contributed by atoms with van der Waals surface area (Å²) in [5.74, 6) is 0.543. The van der Waals surface area contributed by atoms with Gasteiger partial charge in [0.15, 0.2) is 11.3 Å². The Balaban J connectivity index is 1.43. The van der Waals surface area contributed by atoms with Gasteiger partial charge in [-0.1, -0.05) is 24.3 Å². The van der Waals surface area contributed by atoms with Gasteiger partial charge < -0.3 is 9.80 Å². The van der Waals surface area contributed by atoms with Crippen molar-refractivity contribution in [2.45, 2.75) is 19.9 Å². The predicted molar refractivity (Wildman–Crippen MR) is 107 cm³/mol. The van der Waals surface area contributed by atoms with Crippen LogP contribution in [-0.2, 0) is 4.79 Å². The molecule has 2 aliphatic heterocycles. The van der Waals surface area contributed by atoms with Crippen LogP contribution < -0.4 is 0 Å². The molecule has 4 heterocycles. The number of benzene rings is 1. The smallest absolute Gasteiger partial charge is 0.274 e. The van der Waals surface area contributed by atoms with Gasteiger partial charge in [0.2, 0.25) is 5.91 Å². The van der Waals surface area contributed by atoms with Crippen LogP contribution in [-0.4, -0.2) is 55.8 Å². The van der Waals surface area contributed by atoms with E-state index in [1.165, 1.54) is 11.1 Å². The Bertz CT molecular complexity index is 1070. The van der Waals surface area contributed by atoms with Gasteiger partial charge in [0, 0.05) is 56.9 Å². The summed E-state index contributed by atoms with van der Waals surface area (Å²) in [5, 5.41) is 4.38. The Morgan fingerprint density at radius 1 is 1.10 bits per heavy atom. The van der Waals surface area contributed by atoms with E-state index in [-0.39, 0.29) is 29.7 Å². The van der Waals surface area contributed by atoms with E-state index in [4.69, 9.17) is 0 Å². The minimum absolute atomic E-state index is 0.0132. The van der Waals surface area contributed by atoms with Gasteiger partial charge in [-0.15, -0.1) is 0 Å². The molecule has 0 bridgehead atoms. The molecule has 0 aliphatic carbocycles. The van der Waals surface area contributed by atoms with Crippen molar-refractivity contribution in [3.63, 3.8) is 0 Å². The first-order valence-corrected chi connectivity index (χ1v) is 9.95. The van der Waals surface area contributed by atoms with Crippen LogP contribution in [0, 0.1) is 18.8 Å². The quantitative estimate of drug-likeness (QED) is 0.675. The van der Waals surface area contributed by atoms with Gasteiger partial charge in [-0.3, -0.25) is 9.59 Å². The van der Waals surface area contributed by atoms with Crippen molar-refractivity contribution in [3.8, 4) is 0 Å². The second-order valence-electron chi connectivity index (χ2n) is 8.06. The number of fused-ring (bicyclic) bond motifs is 2. The maximum atomic E-state index is 13.1. The number of rotatable bonds is 2. The third-order valence-electron chi connectivity index (χ3n) is 6.32. The van der Waals surface area contributed by atoms with Gasteiger partial charge in [-0.25, -0.2) is 9.50 Å². The normalized spacial score (nSPS) is 23.6. The van der Waals surface area contributed by atoms with Crippen molar-refractivity contribution in [1.82, 2.24) is 24.4 Å². The Hall–Kier alpha value is -3.22. The first-order chi connectivity index (χ1) is 14.0. The number of carbonyl (C=O) groups is 2. The minimum Gasteiger partial charge on any atom is -0.337 e. The SMILES string of the molecule is CC(=O)N1C[C@H]2CN(C(=O)c3cc4ncccn4n3)C[C@H]2[C@H]1c1ccccc1C. The topological polar surface area (TPSA) is 70.8 Å². The van der Waals surface area contributed by atoms with Crippen molar-refractivity contribution in [2.75, 3.05) is 19.6 Å². The highest BCUT2D eigenvalue weighted by Crippen LogP contribution is 2.46. The monoisotopic (exact) mass is 389 g/mol. The summed E-state index contributed by atoms with van der Waals surface area (Å²) in [6, 6.07) is 11.8. The number of carbonyl (C=O) groups excluding carboxylic acids is 2. The summed E-state index contributed by atoms with van der Waals surface area (Å²) in [5.41, 5.74) is 3.44. The number of hydrogen-bond acceptors (Lipinski definition) is 4. The van der Waals surface area contributed by atoms with Crippen molar-refractivity contribution in [3.05, 3.63) is 65.6 Å². The first kappa shape index (κ1) is 17.8. The number of amides is 2. The van der Waals surface area contributed by atoms with Gasteiger partial charge in [0.1, 0.15) is 0 Å². The maximum absolute atomic E-state index is 13.1. The molecular weight excluding hydrogens is 366 g/mol. The molecule has 3 atom stereocenters. The summed E-state index contributed by atoms with van der Waals surface area (Å²) in [7, 11) is 0. The van der Waals surface area contributed by atoms with Crippen molar-refractivity contribution < 1.29 is 9.59 Å². The van der Waals surface area contributed by atoms with Crippen LogP contribution in [0.1, 0.15) is 34.6 Å². The van der Waals surface area contributed by atoms with Gasteiger partial charge in [-0.05, 0) is 24.1 Å².